The molecule has 0 unspecified atom stereocenters. The number of ether oxygens (including phenoxy) is 1. The van der Waals surface area contributed by atoms with Crippen molar-refractivity contribution < 1.29 is 32.0 Å². The van der Waals surface area contributed by atoms with E-state index in [0.29, 0.717) is 0 Å². The van der Waals surface area contributed by atoms with Gasteiger partial charge in [0.2, 0.25) is 0 Å². The summed E-state index contributed by atoms with van der Waals surface area (Å²) in [5.74, 6) is -1.48. The topological polar surface area (TPSA) is 110 Å². The monoisotopic (exact) mass is 281 g/mol. The van der Waals surface area contributed by atoms with E-state index in [9.17, 15) is 18.0 Å². The van der Waals surface area contributed by atoms with Crippen molar-refractivity contribution in [1.82, 2.24) is 4.31 Å². The van der Waals surface area contributed by atoms with E-state index in [1.54, 1.807) is 0 Å². The molecule has 0 saturated carbocycles. The number of hydrogen-bond donors (Lipinski definition) is 1. The number of hydrogen-bond acceptors (Lipinski definition) is 6. The summed E-state index contributed by atoms with van der Waals surface area (Å²) < 4.78 is 32.6. The molecule has 104 valence electrons. The minimum absolute atomic E-state index is 0.116. The van der Waals surface area contributed by atoms with Gasteiger partial charge in [0, 0.05) is 0 Å². The molecule has 18 heavy (non-hydrogen) atoms. The van der Waals surface area contributed by atoms with Crippen molar-refractivity contribution in [3.05, 3.63) is 0 Å². The number of carboxylic acid groups (broad SMARTS) is 1. The minimum atomic E-state index is -4.42. The Morgan fingerprint density at radius 3 is 2.22 bits per heavy atom. The molecule has 8 nitrogen and oxygen atoms in total. The maximum absolute atomic E-state index is 11.7. The summed E-state index contributed by atoms with van der Waals surface area (Å²) in [6.45, 7) is 5.86. The molecular weight excluding hydrogens is 266 g/mol. The van der Waals surface area contributed by atoms with Gasteiger partial charge in [-0.05, 0) is 27.7 Å². The first-order valence-electron chi connectivity index (χ1n) is 5.14. The molecule has 0 aromatic carbocycles. The third-order valence-electron chi connectivity index (χ3n) is 2.04. The van der Waals surface area contributed by atoms with Crippen LogP contribution in [-0.4, -0.2) is 47.6 Å². The van der Waals surface area contributed by atoms with Crippen LogP contribution in [0.1, 0.15) is 27.7 Å². The van der Waals surface area contributed by atoms with Crippen molar-refractivity contribution in [2.45, 2.75) is 45.4 Å². The summed E-state index contributed by atoms with van der Waals surface area (Å²) in [6.07, 6.45) is -2.43. The highest BCUT2D eigenvalue weighted by atomic mass is 32.2. The van der Waals surface area contributed by atoms with Crippen LogP contribution in [0.15, 0.2) is 0 Å². The van der Waals surface area contributed by atoms with Crippen LogP contribution < -0.4 is 0 Å². The van der Waals surface area contributed by atoms with Crippen molar-refractivity contribution >= 4 is 22.4 Å². The highest BCUT2D eigenvalue weighted by Gasteiger charge is 2.52. The number of carboxylic acids is 1. The van der Waals surface area contributed by atoms with E-state index >= 15 is 0 Å². The Labute approximate surface area is 105 Å². The van der Waals surface area contributed by atoms with Crippen molar-refractivity contribution in [2.75, 3.05) is 0 Å². The van der Waals surface area contributed by atoms with E-state index in [0.717, 1.165) is 0 Å². The quantitative estimate of drug-likeness (QED) is 0.737. The average Bonchev–Trinajstić information content (AvgIpc) is 2.31. The van der Waals surface area contributed by atoms with Gasteiger partial charge < -0.3 is 9.84 Å². The summed E-state index contributed by atoms with van der Waals surface area (Å²) in [5, 5.41) is 8.94. The van der Waals surface area contributed by atoms with Crippen molar-refractivity contribution in [1.29, 1.82) is 0 Å². The first kappa shape index (κ1) is 14.7. The maximum Gasteiger partial charge on any atom is 0.426 e. The van der Waals surface area contributed by atoms with Crippen LogP contribution in [0, 0.1) is 0 Å². The standard InChI is InChI=1S/C9H15NO7S/c1-5-6(7(11)12)10(18(14,15)17-5)8(13)16-9(2,3)4/h5-6H,1-4H3,(H,11,12)/t5-,6+/m1/s1. The Morgan fingerprint density at radius 1 is 1.33 bits per heavy atom. The zero-order chi connectivity index (χ0) is 14.3. The number of aliphatic carboxylic acids is 1. The van der Waals surface area contributed by atoms with Crippen LogP contribution in [-0.2, 0) is 24.0 Å². The maximum atomic E-state index is 11.7. The van der Waals surface area contributed by atoms with Crippen LogP contribution in [0.2, 0.25) is 0 Å². The molecular formula is C9H15NO7S. The lowest BCUT2D eigenvalue weighted by Gasteiger charge is -2.24. The lowest BCUT2D eigenvalue weighted by atomic mass is 10.2. The van der Waals surface area contributed by atoms with Crippen molar-refractivity contribution in [3.8, 4) is 0 Å². The number of carbonyl (C=O) groups excluding carboxylic acids is 1. The number of amides is 1. The molecule has 9 heteroatoms. The van der Waals surface area contributed by atoms with Crippen LogP contribution in [0.4, 0.5) is 4.79 Å². The summed E-state index contributed by atoms with van der Waals surface area (Å²) >= 11 is 0. The Kier molecular flexibility index (Phi) is 3.59. The smallest absolute Gasteiger partial charge is 0.426 e. The molecule has 1 N–H and O–H groups in total. The molecule has 1 fully saturated rings. The van der Waals surface area contributed by atoms with Gasteiger partial charge in [-0.1, -0.05) is 0 Å². The molecule has 1 rings (SSSR count). The van der Waals surface area contributed by atoms with Gasteiger partial charge >= 0.3 is 22.4 Å². The van der Waals surface area contributed by atoms with Crippen molar-refractivity contribution in [2.24, 2.45) is 0 Å². The first-order chi connectivity index (χ1) is 7.96. The fourth-order valence-corrected chi connectivity index (χ4v) is 2.77. The molecule has 2 atom stereocenters. The van der Waals surface area contributed by atoms with Gasteiger partial charge in [0.15, 0.2) is 6.04 Å². The van der Waals surface area contributed by atoms with E-state index in [4.69, 9.17) is 9.84 Å². The molecule has 0 aromatic rings. The summed E-state index contributed by atoms with van der Waals surface area (Å²) in [7, 11) is -4.42. The zero-order valence-electron chi connectivity index (χ0n) is 10.4. The minimum Gasteiger partial charge on any atom is -0.480 e. The van der Waals surface area contributed by atoms with E-state index in [1.807, 2.05) is 0 Å². The number of rotatable bonds is 1. The molecule has 1 aliphatic heterocycles. The molecule has 0 aliphatic carbocycles. The molecule has 1 saturated heterocycles. The normalized spacial score (nSPS) is 27.0. The van der Waals surface area contributed by atoms with Gasteiger partial charge in [-0.25, -0.2) is 13.8 Å². The van der Waals surface area contributed by atoms with E-state index in [1.165, 1.54) is 27.7 Å². The van der Waals surface area contributed by atoms with Gasteiger partial charge in [-0.15, -0.1) is 0 Å². The Morgan fingerprint density at radius 2 is 1.83 bits per heavy atom. The second-order valence-corrected chi connectivity index (χ2v) is 6.26. The van der Waals surface area contributed by atoms with Gasteiger partial charge in [-0.3, -0.25) is 0 Å². The van der Waals surface area contributed by atoms with E-state index in [2.05, 4.69) is 4.18 Å². The van der Waals surface area contributed by atoms with Crippen LogP contribution in [0.5, 0.6) is 0 Å². The third kappa shape index (κ3) is 2.91. The van der Waals surface area contributed by atoms with Crippen LogP contribution >= 0.6 is 0 Å². The highest BCUT2D eigenvalue weighted by molar-refractivity contribution is 7.85. The van der Waals surface area contributed by atoms with Gasteiger partial charge in [0.1, 0.15) is 11.7 Å². The molecule has 0 spiro atoms. The first-order valence-corrected chi connectivity index (χ1v) is 6.50. The second-order valence-electron chi connectivity index (χ2n) is 4.82. The van der Waals surface area contributed by atoms with Gasteiger partial charge in [-0.2, -0.15) is 12.7 Å². The van der Waals surface area contributed by atoms with E-state index < -0.39 is 40.1 Å². The summed E-state index contributed by atoms with van der Waals surface area (Å²) in [4.78, 5) is 22.7. The predicted molar refractivity (Wildman–Crippen MR) is 59.0 cm³/mol. The molecule has 0 aromatic heterocycles. The van der Waals surface area contributed by atoms with Crippen LogP contribution in [0.25, 0.3) is 0 Å². The SMILES string of the molecule is C[C@H]1OS(=O)(=O)N(C(=O)OC(C)(C)C)[C@@H]1C(=O)O. The predicted octanol–water partition coefficient (Wildman–Crippen LogP) is 0.340. The summed E-state index contributed by atoms with van der Waals surface area (Å²) in [6, 6.07) is -1.62. The Hall–Kier alpha value is -1.35. The van der Waals surface area contributed by atoms with Gasteiger partial charge in [0.25, 0.3) is 0 Å². The zero-order valence-corrected chi connectivity index (χ0v) is 11.2. The van der Waals surface area contributed by atoms with Gasteiger partial charge in [0.05, 0.1) is 0 Å². The molecule has 1 aliphatic rings. The Balaban J connectivity index is 3.09. The fraction of sp³-hybridized carbons (Fsp3) is 0.778. The molecule has 1 heterocycles. The van der Waals surface area contributed by atoms with Crippen LogP contribution in [0.3, 0.4) is 0 Å². The van der Waals surface area contributed by atoms with Crippen molar-refractivity contribution in [3.63, 3.8) is 0 Å². The lowest BCUT2D eigenvalue weighted by Crippen LogP contribution is -2.47. The molecule has 0 bridgehead atoms. The number of carbonyl (C=O) groups is 2. The second kappa shape index (κ2) is 4.39. The molecule has 1 amide bonds. The highest BCUT2D eigenvalue weighted by Crippen LogP contribution is 2.27. The Bertz CT molecular complexity index is 464. The lowest BCUT2D eigenvalue weighted by molar-refractivity contribution is -0.142. The number of nitrogens with zero attached hydrogens (tertiary/aromatic N) is 1. The molecule has 0 radical (unpaired) electrons. The third-order valence-corrected chi connectivity index (χ3v) is 3.44. The van der Waals surface area contributed by atoms with E-state index in [-0.39, 0.29) is 4.31 Å². The fourth-order valence-electron chi connectivity index (χ4n) is 1.43. The average molecular weight is 281 g/mol. The summed E-state index contributed by atoms with van der Waals surface area (Å²) in [5.41, 5.74) is -0.943. The largest absolute Gasteiger partial charge is 0.480 e.